The van der Waals surface area contributed by atoms with Crippen LogP contribution in [0.3, 0.4) is 0 Å². The first-order chi connectivity index (χ1) is 25.8. The maximum atomic E-state index is 3.76. The second kappa shape index (κ2) is 15.6. The average Bonchev–Trinajstić information content (AvgIpc) is 3.51. The van der Waals surface area contributed by atoms with Gasteiger partial charge < -0.3 is 9.88 Å². The van der Waals surface area contributed by atoms with E-state index in [2.05, 4.69) is 227 Å². The molecule has 0 radical (unpaired) electrons. The fourth-order valence-electron chi connectivity index (χ4n) is 7.11. The Balaban J connectivity index is 1.23. The molecule has 0 saturated heterocycles. The van der Waals surface area contributed by atoms with Gasteiger partial charge in [-0.2, -0.15) is 0 Å². The lowest BCUT2D eigenvalue weighted by molar-refractivity contribution is 0.591. The van der Waals surface area contributed by atoms with E-state index >= 15 is 0 Å². The summed E-state index contributed by atoms with van der Waals surface area (Å²) >= 11 is 0. The van der Waals surface area contributed by atoms with Gasteiger partial charge in [0.15, 0.2) is 0 Å². The molecule has 0 atom stereocenters. The summed E-state index contributed by atoms with van der Waals surface area (Å²) in [6.45, 7) is 11.1. The van der Waals surface area contributed by atoms with Crippen LogP contribution in [0.4, 0.5) is 5.69 Å². The predicted molar refractivity (Wildman–Crippen MR) is 231 cm³/mol. The monoisotopic (exact) mass is 688 g/mol. The van der Waals surface area contributed by atoms with Crippen molar-refractivity contribution in [3.63, 3.8) is 0 Å². The smallest absolute Gasteiger partial charge is 0.0541 e. The van der Waals surface area contributed by atoms with E-state index < -0.39 is 0 Å². The summed E-state index contributed by atoms with van der Waals surface area (Å²) in [4.78, 5) is 0. The van der Waals surface area contributed by atoms with Gasteiger partial charge in [-0.1, -0.05) is 154 Å². The lowest BCUT2D eigenvalue weighted by Gasteiger charge is -2.19. The quantitative estimate of drug-likeness (QED) is 0.142. The maximum Gasteiger partial charge on any atom is 0.0541 e. The predicted octanol–water partition coefficient (Wildman–Crippen LogP) is 14.2. The number of benzene rings is 6. The van der Waals surface area contributed by atoms with Crippen molar-refractivity contribution in [2.24, 2.45) is 0 Å². The third-order valence-corrected chi connectivity index (χ3v) is 9.87. The summed E-state index contributed by atoms with van der Waals surface area (Å²) in [5, 5.41) is 6.30. The summed E-state index contributed by atoms with van der Waals surface area (Å²) in [5.74, 6) is 0. The highest BCUT2D eigenvalue weighted by atomic mass is 15.0. The lowest BCUT2D eigenvalue weighted by atomic mass is 9.86. The highest BCUT2D eigenvalue weighted by molar-refractivity contribution is 6.10. The maximum absolute atomic E-state index is 3.76. The molecule has 262 valence electrons. The zero-order chi connectivity index (χ0) is 36.8. The van der Waals surface area contributed by atoms with Gasteiger partial charge in [-0.05, 0) is 108 Å². The van der Waals surface area contributed by atoms with Crippen LogP contribution < -0.4 is 5.32 Å². The number of allylic oxidation sites excluding steroid dienone is 8. The molecule has 0 aliphatic rings. The standard InChI is InChI=1S/C51H48N2/c1-6-19-38(39-20-10-7-11-21-39)22-16-17-29-46(40-23-12-8-13-24-40)37(2)52-44-26-18-25-41(34-44)42-30-32-49-47(35-42)48-36-43(51(3,4)5)31-33-50(48)53(49)45-27-14-9-15-28-45/h6-15,17-36,52H,16H2,1-5H3/b19-6-,29-17-,38-22+,46-37-. The zero-order valence-corrected chi connectivity index (χ0v) is 31.5. The van der Waals surface area contributed by atoms with Gasteiger partial charge in [0.2, 0.25) is 0 Å². The Morgan fingerprint density at radius 3 is 1.92 bits per heavy atom. The molecular weight excluding hydrogens is 641 g/mol. The van der Waals surface area contributed by atoms with Gasteiger partial charge in [0.1, 0.15) is 0 Å². The number of rotatable bonds is 10. The lowest BCUT2D eigenvalue weighted by Crippen LogP contribution is -2.10. The second-order valence-electron chi connectivity index (χ2n) is 14.7. The van der Waals surface area contributed by atoms with Crippen LogP contribution >= 0.6 is 0 Å². The highest BCUT2D eigenvalue weighted by Gasteiger charge is 2.18. The molecule has 0 aliphatic heterocycles. The van der Waals surface area contributed by atoms with E-state index in [1.807, 2.05) is 0 Å². The number of nitrogens with one attached hydrogen (secondary N) is 1. The Hall–Kier alpha value is -6.12. The van der Waals surface area contributed by atoms with Gasteiger partial charge in [0, 0.05) is 33.4 Å². The van der Waals surface area contributed by atoms with Crippen molar-refractivity contribution in [1.82, 2.24) is 4.57 Å². The van der Waals surface area contributed by atoms with Crippen molar-refractivity contribution < 1.29 is 0 Å². The van der Waals surface area contributed by atoms with Crippen molar-refractivity contribution in [1.29, 1.82) is 0 Å². The SMILES string of the molecule is C/C=C\C(=C/C/C=C\C(=C(/C)Nc1cccc(-c2ccc3c(c2)c2cc(C(C)(C)C)ccc2n3-c2ccccc2)c1)c1ccccc1)c1ccccc1. The summed E-state index contributed by atoms with van der Waals surface area (Å²) in [7, 11) is 0. The van der Waals surface area contributed by atoms with Crippen LogP contribution in [-0.2, 0) is 5.41 Å². The van der Waals surface area contributed by atoms with Gasteiger partial charge >= 0.3 is 0 Å². The minimum atomic E-state index is 0.0559. The Morgan fingerprint density at radius 2 is 1.25 bits per heavy atom. The summed E-state index contributed by atoms with van der Waals surface area (Å²) in [5.41, 5.74) is 14.3. The number of hydrogen-bond acceptors (Lipinski definition) is 1. The van der Waals surface area contributed by atoms with E-state index in [1.165, 1.54) is 66.5 Å². The van der Waals surface area contributed by atoms with Crippen LogP contribution in [0.2, 0.25) is 0 Å². The third-order valence-electron chi connectivity index (χ3n) is 9.87. The first kappa shape index (κ1) is 35.3. The normalized spacial score (nSPS) is 13.0. The van der Waals surface area contributed by atoms with Crippen LogP contribution in [0.1, 0.15) is 57.7 Å². The van der Waals surface area contributed by atoms with Gasteiger partial charge in [-0.15, -0.1) is 0 Å². The Labute approximate surface area is 315 Å². The van der Waals surface area contributed by atoms with Crippen molar-refractivity contribution in [3.05, 3.63) is 204 Å². The van der Waals surface area contributed by atoms with E-state index in [1.54, 1.807) is 0 Å². The number of hydrogen-bond donors (Lipinski definition) is 1. The van der Waals surface area contributed by atoms with Gasteiger partial charge in [-0.3, -0.25) is 0 Å². The molecule has 0 spiro atoms. The van der Waals surface area contributed by atoms with Crippen LogP contribution in [0.25, 0.3) is 49.8 Å². The van der Waals surface area contributed by atoms with Crippen LogP contribution in [0.15, 0.2) is 188 Å². The largest absolute Gasteiger partial charge is 0.359 e. The Morgan fingerprint density at radius 1 is 0.623 bits per heavy atom. The molecule has 0 amide bonds. The summed E-state index contributed by atoms with van der Waals surface area (Å²) in [6, 6.07) is 54.6. The minimum Gasteiger partial charge on any atom is -0.359 e. The van der Waals surface area contributed by atoms with Gasteiger partial charge in [0.05, 0.1) is 11.0 Å². The molecule has 0 bridgehead atoms. The van der Waals surface area contributed by atoms with Crippen molar-refractivity contribution >= 4 is 38.6 Å². The first-order valence-electron chi connectivity index (χ1n) is 18.6. The number of fused-ring (bicyclic) bond motifs is 3. The first-order valence-corrected chi connectivity index (χ1v) is 18.6. The molecule has 1 aromatic heterocycles. The molecule has 0 unspecified atom stereocenters. The molecule has 2 heteroatoms. The van der Waals surface area contributed by atoms with Crippen molar-refractivity contribution in [3.8, 4) is 16.8 Å². The number of nitrogens with zero attached hydrogens (tertiary/aromatic N) is 1. The fourth-order valence-corrected chi connectivity index (χ4v) is 7.11. The fraction of sp³-hybridized carbons (Fsp3) is 0.137. The van der Waals surface area contributed by atoms with E-state index in [4.69, 9.17) is 0 Å². The number of aromatic nitrogens is 1. The molecule has 0 saturated carbocycles. The highest BCUT2D eigenvalue weighted by Crippen LogP contribution is 2.38. The molecule has 0 fully saturated rings. The van der Waals surface area contributed by atoms with Gasteiger partial charge in [-0.25, -0.2) is 0 Å². The number of para-hydroxylation sites is 1. The van der Waals surface area contributed by atoms with Crippen LogP contribution in [-0.4, -0.2) is 4.57 Å². The molecular formula is C51H48N2. The van der Waals surface area contributed by atoms with E-state index in [-0.39, 0.29) is 5.41 Å². The third kappa shape index (κ3) is 7.88. The molecule has 7 aromatic rings. The van der Waals surface area contributed by atoms with Gasteiger partial charge in [0.25, 0.3) is 0 Å². The minimum absolute atomic E-state index is 0.0559. The Bertz CT molecular complexity index is 2470. The van der Waals surface area contributed by atoms with E-state index in [0.717, 1.165) is 17.8 Å². The molecule has 6 aromatic carbocycles. The topological polar surface area (TPSA) is 17.0 Å². The molecule has 1 N–H and O–H groups in total. The Kier molecular flexibility index (Phi) is 10.4. The van der Waals surface area contributed by atoms with Crippen LogP contribution in [0.5, 0.6) is 0 Å². The molecule has 2 nitrogen and oxygen atoms in total. The second-order valence-corrected chi connectivity index (χ2v) is 14.7. The zero-order valence-electron chi connectivity index (χ0n) is 31.5. The van der Waals surface area contributed by atoms with Crippen molar-refractivity contribution in [2.75, 3.05) is 5.32 Å². The van der Waals surface area contributed by atoms with E-state index in [9.17, 15) is 0 Å². The summed E-state index contributed by atoms with van der Waals surface area (Å²) in [6.07, 6.45) is 11.9. The summed E-state index contributed by atoms with van der Waals surface area (Å²) < 4.78 is 2.39. The van der Waals surface area contributed by atoms with Crippen LogP contribution in [0, 0.1) is 0 Å². The van der Waals surface area contributed by atoms with Crippen molar-refractivity contribution in [2.45, 2.75) is 46.5 Å². The molecule has 1 heterocycles. The molecule has 0 aliphatic carbocycles. The number of anilines is 1. The average molecular weight is 689 g/mol. The molecule has 53 heavy (non-hydrogen) atoms. The molecule has 7 rings (SSSR count). The van der Waals surface area contributed by atoms with E-state index in [0.29, 0.717) is 0 Å².